The Morgan fingerprint density at radius 3 is 2.59 bits per heavy atom. The highest BCUT2D eigenvalue weighted by molar-refractivity contribution is 5.93. The lowest BCUT2D eigenvalue weighted by atomic mass is 10.0. The Morgan fingerprint density at radius 2 is 1.85 bits per heavy atom. The van der Waals surface area contributed by atoms with Gasteiger partial charge in [-0.1, -0.05) is 23.8 Å². The van der Waals surface area contributed by atoms with Gasteiger partial charge in [-0.25, -0.2) is 4.79 Å². The topological polar surface area (TPSA) is 81.1 Å². The molecule has 4 rings (SSSR count). The SMILES string of the molecule is COC(=O)c1c(OCCN2CCCC2=O)cc(=O)n2c1CCN(Cc1cc(C)ccc1C)CC2. The largest absolute Gasteiger partial charge is 0.491 e. The van der Waals surface area contributed by atoms with E-state index >= 15 is 0 Å². The number of amides is 1. The van der Waals surface area contributed by atoms with E-state index in [9.17, 15) is 14.4 Å². The van der Waals surface area contributed by atoms with Gasteiger partial charge in [0.05, 0.1) is 13.7 Å². The molecule has 8 heteroatoms. The molecule has 0 saturated carbocycles. The minimum absolute atomic E-state index is 0.114. The molecule has 8 nitrogen and oxygen atoms in total. The van der Waals surface area contributed by atoms with Crippen molar-refractivity contribution in [2.75, 3.05) is 39.9 Å². The van der Waals surface area contributed by atoms with Crippen LogP contribution >= 0.6 is 0 Å². The number of pyridine rings is 1. The highest BCUT2D eigenvalue weighted by atomic mass is 16.5. The lowest BCUT2D eigenvalue weighted by molar-refractivity contribution is -0.128. The number of fused-ring (bicyclic) bond motifs is 1. The number of nitrogens with zero attached hydrogens (tertiary/aromatic N) is 3. The number of likely N-dealkylation sites (tertiary alicyclic amines) is 1. The van der Waals surface area contributed by atoms with E-state index in [2.05, 4.69) is 36.9 Å². The first-order valence-electron chi connectivity index (χ1n) is 11.9. The van der Waals surface area contributed by atoms with Gasteiger partial charge in [0, 0.05) is 57.3 Å². The molecule has 2 aliphatic rings. The Morgan fingerprint density at radius 1 is 1.03 bits per heavy atom. The molecule has 1 saturated heterocycles. The molecule has 1 fully saturated rings. The fourth-order valence-corrected chi connectivity index (χ4v) is 4.80. The third-order valence-corrected chi connectivity index (χ3v) is 6.76. The first-order chi connectivity index (χ1) is 16.4. The molecule has 0 aliphatic carbocycles. The van der Waals surface area contributed by atoms with Crippen LogP contribution in [0.4, 0.5) is 0 Å². The van der Waals surface area contributed by atoms with E-state index in [1.165, 1.54) is 29.9 Å². The highest BCUT2D eigenvalue weighted by Crippen LogP contribution is 2.25. The van der Waals surface area contributed by atoms with E-state index in [0.29, 0.717) is 50.3 Å². The first kappa shape index (κ1) is 24.0. The van der Waals surface area contributed by atoms with E-state index in [4.69, 9.17) is 9.47 Å². The number of ether oxygens (including phenoxy) is 2. The van der Waals surface area contributed by atoms with Crippen LogP contribution in [0.5, 0.6) is 5.75 Å². The van der Waals surface area contributed by atoms with Crippen LogP contribution in [0.2, 0.25) is 0 Å². The van der Waals surface area contributed by atoms with Crippen molar-refractivity contribution in [2.45, 2.75) is 46.2 Å². The summed E-state index contributed by atoms with van der Waals surface area (Å²) < 4.78 is 12.6. The van der Waals surface area contributed by atoms with Gasteiger partial charge in [-0.05, 0) is 31.4 Å². The number of esters is 1. The van der Waals surface area contributed by atoms with Crippen LogP contribution < -0.4 is 10.3 Å². The Labute approximate surface area is 200 Å². The van der Waals surface area contributed by atoms with E-state index in [0.717, 1.165) is 19.5 Å². The molecule has 0 atom stereocenters. The number of aromatic nitrogens is 1. The van der Waals surface area contributed by atoms with Crippen LogP contribution in [0.3, 0.4) is 0 Å². The number of benzene rings is 1. The molecular weight excluding hydrogens is 434 g/mol. The second kappa shape index (κ2) is 10.4. The van der Waals surface area contributed by atoms with E-state index < -0.39 is 5.97 Å². The second-order valence-electron chi connectivity index (χ2n) is 9.10. The Bertz CT molecular complexity index is 1140. The van der Waals surface area contributed by atoms with E-state index in [1.807, 2.05) is 0 Å². The summed E-state index contributed by atoms with van der Waals surface area (Å²) in [4.78, 5) is 41.7. The van der Waals surface area contributed by atoms with Crippen LogP contribution in [0.1, 0.15) is 45.6 Å². The zero-order chi connectivity index (χ0) is 24.2. The van der Waals surface area contributed by atoms with Gasteiger partial charge in [-0.15, -0.1) is 0 Å². The minimum Gasteiger partial charge on any atom is -0.491 e. The predicted molar refractivity (Wildman–Crippen MR) is 128 cm³/mol. The lowest BCUT2D eigenvalue weighted by Crippen LogP contribution is -2.31. The zero-order valence-electron chi connectivity index (χ0n) is 20.3. The monoisotopic (exact) mass is 467 g/mol. The van der Waals surface area contributed by atoms with Crippen molar-refractivity contribution in [3.8, 4) is 5.75 Å². The smallest absolute Gasteiger partial charge is 0.343 e. The lowest BCUT2D eigenvalue weighted by Gasteiger charge is -2.21. The normalized spacial score (nSPS) is 16.3. The van der Waals surface area contributed by atoms with Gasteiger partial charge >= 0.3 is 5.97 Å². The number of hydrogen-bond donors (Lipinski definition) is 0. The van der Waals surface area contributed by atoms with Gasteiger partial charge in [0.2, 0.25) is 5.91 Å². The summed E-state index contributed by atoms with van der Waals surface area (Å²) in [7, 11) is 1.33. The second-order valence-corrected chi connectivity index (χ2v) is 9.10. The highest BCUT2D eigenvalue weighted by Gasteiger charge is 2.27. The molecule has 2 aromatic rings. The van der Waals surface area contributed by atoms with Gasteiger partial charge in [0.15, 0.2) is 0 Å². The molecule has 1 amide bonds. The number of methoxy groups -OCH3 is 1. The molecule has 2 aliphatic heterocycles. The molecule has 1 aromatic heterocycles. The van der Waals surface area contributed by atoms with Crippen LogP contribution in [0, 0.1) is 13.8 Å². The van der Waals surface area contributed by atoms with Crippen molar-refractivity contribution < 1.29 is 19.1 Å². The molecule has 1 aromatic carbocycles. The Hall–Kier alpha value is -3.13. The Balaban J connectivity index is 1.55. The van der Waals surface area contributed by atoms with Crippen LogP contribution in [-0.2, 0) is 29.0 Å². The maximum absolute atomic E-state index is 13.0. The summed E-state index contributed by atoms with van der Waals surface area (Å²) in [6, 6.07) is 7.83. The van der Waals surface area contributed by atoms with Gasteiger partial charge in [-0.3, -0.25) is 14.5 Å². The van der Waals surface area contributed by atoms with E-state index in [-0.39, 0.29) is 23.8 Å². The predicted octanol–water partition coefficient (Wildman–Crippen LogP) is 2.31. The Kier molecular flexibility index (Phi) is 7.36. The third kappa shape index (κ3) is 5.17. The number of carbonyl (C=O) groups is 2. The van der Waals surface area contributed by atoms with Crippen molar-refractivity contribution in [1.29, 1.82) is 0 Å². The number of rotatable bonds is 7. The van der Waals surface area contributed by atoms with Crippen LogP contribution in [-0.4, -0.2) is 66.1 Å². The molecule has 0 N–H and O–H groups in total. The molecule has 0 radical (unpaired) electrons. The summed E-state index contributed by atoms with van der Waals surface area (Å²) in [6.07, 6.45) is 1.95. The minimum atomic E-state index is -0.515. The first-order valence-corrected chi connectivity index (χ1v) is 11.9. The van der Waals surface area contributed by atoms with Crippen LogP contribution in [0.25, 0.3) is 0 Å². The van der Waals surface area contributed by atoms with Gasteiger partial charge in [0.1, 0.15) is 17.9 Å². The standard InChI is InChI=1S/C26H33N3O5/c1-18-6-7-19(2)20(15-18)17-27-10-8-21-25(26(32)33-3)22(16-24(31)29(21)12-11-27)34-14-13-28-9-4-5-23(28)30/h6-7,15-16H,4-5,8-14,17H2,1-3H3. The van der Waals surface area contributed by atoms with Gasteiger partial charge in [-0.2, -0.15) is 0 Å². The number of hydrogen-bond acceptors (Lipinski definition) is 6. The molecule has 34 heavy (non-hydrogen) atoms. The number of carbonyl (C=O) groups excluding carboxylic acids is 2. The average molecular weight is 468 g/mol. The zero-order valence-corrected chi connectivity index (χ0v) is 20.3. The van der Waals surface area contributed by atoms with Crippen molar-refractivity contribution in [3.05, 3.63) is 62.6 Å². The molecule has 0 spiro atoms. The fourth-order valence-electron chi connectivity index (χ4n) is 4.80. The van der Waals surface area contributed by atoms with Crippen molar-refractivity contribution >= 4 is 11.9 Å². The van der Waals surface area contributed by atoms with E-state index in [1.54, 1.807) is 9.47 Å². The molecule has 182 valence electrons. The van der Waals surface area contributed by atoms with Crippen molar-refractivity contribution in [3.63, 3.8) is 0 Å². The summed E-state index contributed by atoms with van der Waals surface area (Å²) >= 11 is 0. The summed E-state index contributed by atoms with van der Waals surface area (Å²) in [5, 5.41) is 0. The molecule has 0 bridgehead atoms. The fraction of sp³-hybridized carbons (Fsp3) is 0.500. The summed E-state index contributed by atoms with van der Waals surface area (Å²) in [5.41, 5.74) is 4.50. The maximum Gasteiger partial charge on any atom is 0.343 e. The van der Waals surface area contributed by atoms with Crippen molar-refractivity contribution in [1.82, 2.24) is 14.4 Å². The van der Waals surface area contributed by atoms with Gasteiger partial charge in [0.25, 0.3) is 5.56 Å². The van der Waals surface area contributed by atoms with Gasteiger partial charge < -0.3 is 18.9 Å². The summed E-state index contributed by atoms with van der Waals surface area (Å²) in [6.45, 7) is 8.27. The molecule has 0 unspecified atom stereocenters. The number of aryl methyl sites for hydroxylation is 2. The maximum atomic E-state index is 13.0. The molecular formula is C26H33N3O5. The van der Waals surface area contributed by atoms with Crippen LogP contribution in [0.15, 0.2) is 29.1 Å². The average Bonchev–Trinajstić information content (AvgIpc) is 3.10. The quantitative estimate of drug-likeness (QED) is 0.582. The summed E-state index contributed by atoms with van der Waals surface area (Å²) in [5.74, 6) is -0.167. The molecule has 3 heterocycles. The third-order valence-electron chi connectivity index (χ3n) is 6.76. The van der Waals surface area contributed by atoms with Crippen molar-refractivity contribution in [2.24, 2.45) is 0 Å².